The van der Waals surface area contributed by atoms with Crippen LogP contribution in [0.15, 0.2) is 36.4 Å². The van der Waals surface area contributed by atoms with Gasteiger partial charge in [0.25, 0.3) is 0 Å². The lowest BCUT2D eigenvalue weighted by molar-refractivity contribution is -0.150. The molecule has 0 aliphatic carbocycles. The topological polar surface area (TPSA) is 75.7 Å². The van der Waals surface area contributed by atoms with E-state index >= 15 is 0 Å². The molecule has 6 nitrogen and oxygen atoms in total. The van der Waals surface area contributed by atoms with Gasteiger partial charge in [-0.05, 0) is 18.1 Å². The van der Waals surface area contributed by atoms with Gasteiger partial charge < -0.3 is 15.0 Å². The van der Waals surface area contributed by atoms with Gasteiger partial charge in [-0.2, -0.15) is 0 Å². The van der Waals surface area contributed by atoms with Gasteiger partial charge in [-0.1, -0.05) is 82.2 Å². The zero-order valence-electron chi connectivity index (χ0n) is 18.7. The fraction of sp³-hybridized carbons (Fsp3) is 0.560. The van der Waals surface area contributed by atoms with Crippen LogP contribution >= 0.6 is 0 Å². The number of ether oxygens (including phenoxy) is 1. The van der Waals surface area contributed by atoms with Crippen molar-refractivity contribution in [1.29, 1.82) is 0 Å². The number of esters is 1. The first kappa shape index (κ1) is 24.6. The third kappa shape index (κ3) is 9.37. The van der Waals surface area contributed by atoms with E-state index in [1.54, 1.807) is 6.08 Å². The number of rotatable bonds is 13. The van der Waals surface area contributed by atoms with E-state index in [2.05, 4.69) is 12.2 Å². The minimum absolute atomic E-state index is 0.117. The monoisotopic (exact) mass is 428 g/mol. The quantitative estimate of drug-likeness (QED) is 0.292. The Bertz CT molecular complexity index is 717. The molecular weight excluding hydrogens is 392 g/mol. The fourth-order valence-corrected chi connectivity index (χ4v) is 3.65. The van der Waals surface area contributed by atoms with Crippen molar-refractivity contribution < 1.29 is 19.1 Å². The molecule has 1 aliphatic rings. The molecule has 0 spiro atoms. The minimum atomic E-state index is -0.826. The number of nitrogens with zero attached hydrogens (tertiary/aromatic N) is 1. The van der Waals surface area contributed by atoms with E-state index in [-0.39, 0.29) is 18.2 Å². The maximum atomic E-state index is 12.6. The first-order valence-corrected chi connectivity index (χ1v) is 11.6. The normalized spacial score (nSPS) is 16.4. The predicted molar refractivity (Wildman–Crippen MR) is 122 cm³/mol. The molecule has 1 aromatic rings. The van der Waals surface area contributed by atoms with Crippen molar-refractivity contribution in [2.24, 2.45) is 0 Å². The molecule has 2 rings (SSSR count). The summed E-state index contributed by atoms with van der Waals surface area (Å²) in [6.07, 6.45) is 12.4. The maximum absolute atomic E-state index is 12.6. The molecular formula is C25H36N2O4. The van der Waals surface area contributed by atoms with Gasteiger partial charge in [-0.3, -0.25) is 14.4 Å². The minimum Gasteiger partial charge on any atom is -0.466 e. The van der Waals surface area contributed by atoms with E-state index in [1.165, 1.54) is 43.1 Å². The summed E-state index contributed by atoms with van der Waals surface area (Å²) in [5.41, 5.74) is 0.902. The molecule has 1 saturated heterocycles. The molecule has 170 valence electrons. The fourth-order valence-electron chi connectivity index (χ4n) is 3.65. The van der Waals surface area contributed by atoms with Crippen LogP contribution < -0.4 is 5.32 Å². The first-order valence-electron chi connectivity index (χ1n) is 11.6. The van der Waals surface area contributed by atoms with Crippen molar-refractivity contribution in [3.05, 3.63) is 42.0 Å². The van der Waals surface area contributed by atoms with Crippen LogP contribution in [0.2, 0.25) is 0 Å². The number of hydrogen-bond acceptors (Lipinski definition) is 4. The van der Waals surface area contributed by atoms with E-state index in [9.17, 15) is 14.4 Å². The number of nitrogens with one attached hydrogen (secondary N) is 1. The zero-order chi connectivity index (χ0) is 22.3. The molecule has 0 radical (unpaired) electrons. The highest BCUT2D eigenvalue weighted by molar-refractivity contribution is 5.97. The molecule has 1 aliphatic heterocycles. The van der Waals surface area contributed by atoms with E-state index in [0.717, 1.165) is 24.8 Å². The smallest absolute Gasteiger partial charge is 0.308 e. The number of piperazine rings is 1. The average Bonchev–Trinajstić information content (AvgIpc) is 2.78. The summed E-state index contributed by atoms with van der Waals surface area (Å²) in [7, 11) is 0. The largest absolute Gasteiger partial charge is 0.466 e. The van der Waals surface area contributed by atoms with Crippen LogP contribution in [0, 0.1) is 0 Å². The Kier molecular flexibility index (Phi) is 11.4. The molecule has 6 heteroatoms. The van der Waals surface area contributed by atoms with Crippen LogP contribution in [-0.2, 0) is 19.1 Å². The van der Waals surface area contributed by atoms with Gasteiger partial charge in [0.15, 0.2) is 0 Å². The second-order valence-electron chi connectivity index (χ2n) is 7.98. The first-order chi connectivity index (χ1) is 15.1. The Labute approximate surface area is 186 Å². The van der Waals surface area contributed by atoms with Crippen molar-refractivity contribution in [2.45, 2.75) is 70.8 Å². The third-order valence-electron chi connectivity index (χ3n) is 5.45. The zero-order valence-corrected chi connectivity index (χ0v) is 18.7. The van der Waals surface area contributed by atoms with E-state index in [0.29, 0.717) is 19.7 Å². The molecule has 1 N–H and O–H groups in total. The number of hydrogen-bond donors (Lipinski definition) is 1. The average molecular weight is 429 g/mol. The number of carbonyl (C=O) groups is 3. The van der Waals surface area contributed by atoms with Gasteiger partial charge in [-0.15, -0.1) is 0 Å². The number of carbonyl (C=O) groups excluding carboxylic acids is 3. The summed E-state index contributed by atoms with van der Waals surface area (Å²) in [6, 6.07) is 8.66. The van der Waals surface area contributed by atoms with Crippen molar-refractivity contribution in [3.8, 4) is 0 Å². The molecule has 1 unspecified atom stereocenters. The summed E-state index contributed by atoms with van der Waals surface area (Å²) < 4.78 is 5.32. The van der Waals surface area contributed by atoms with Crippen LogP contribution in [0.3, 0.4) is 0 Å². The van der Waals surface area contributed by atoms with Crippen LogP contribution in [0.1, 0.15) is 70.3 Å². The Morgan fingerprint density at radius 1 is 1.06 bits per heavy atom. The predicted octanol–water partition coefficient (Wildman–Crippen LogP) is 4.10. The van der Waals surface area contributed by atoms with Gasteiger partial charge in [0.05, 0.1) is 13.0 Å². The SMILES string of the molecule is CCCCCCCCCCOC(=O)CC1C(=O)NCCN1C(=O)/C=C/c1ccccc1. The molecule has 0 saturated carbocycles. The van der Waals surface area contributed by atoms with E-state index in [1.807, 2.05) is 30.3 Å². The highest BCUT2D eigenvalue weighted by Gasteiger charge is 2.34. The second kappa shape index (κ2) is 14.4. The Hall–Kier alpha value is -2.63. The van der Waals surface area contributed by atoms with Crippen molar-refractivity contribution in [3.63, 3.8) is 0 Å². The van der Waals surface area contributed by atoms with Crippen LogP contribution in [-0.4, -0.2) is 48.4 Å². The van der Waals surface area contributed by atoms with Crippen molar-refractivity contribution in [1.82, 2.24) is 10.2 Å². The summed E-state index contributed by atoms with van der Waals surface area (Å²) in [6.45, 7) is 3.33. The number of benzene rings is 1. The Morgan fingerprint density at radius 3 is 2.45 bits per heavy atom. The molecule has 1 aromatic carbocycles. The van der Waals surface area contributed by atoms with E-state index in [4.69, 9.17) is 4.74 Å². The van der Waals surface area contributed by atoms with Crippen LogP contribution in [0.4, 0.5) is 0 Å². The molecule has 1 fully saturated rings. The number of unbranched alkanes of at least 4 members (excludes halogenated alkanes) is 7. The third-order valence-corrected chi connectivity index (χ3v) is 5.45. The summed E-state index contributed by atoms with van der Waals surface area (Å²) in [5.74, 6) is -1.02. The van der Waals surface area contributed by atoms with Gasteiger partial charge in [0.1, 0.15) is 6.04 Å². The lowest BCUT2D eigenvalue weighted by atomic mass is 10.1. The van der Waals surface area contributed by atoms with Gasteiger partial charge in [0.2, 0.25) is 11.8 Å². The highest BCUT2D eigenvalue weighted by atomic mass is 16.5. The summed E-state index contributed by atoms with van der Waals surface area (Å²) in [5, 5.41) is 2.74. The molecule has 1 heterocycles. The molecule has 1 atom stereocenters. The summed E-state index contributed by atoms with van der Waals surface area (Å²) >= 11 is 0. The highest BCUT2D eigenvalue weighted by Crippen LogP contribution is 2.13. The molecule has 2 amide bonds. The molecule has 31 heavy (non-hydrogen) atoms. The van der Waals surface area contributed by atoms with Crippen molar-refractivity contribution >= 4 is 23.9 Å². The van der Waals surface area contributed by atoms with Gasteiger partial charge in [-0.25, -0.2) is 0 Å². The number of amides is 2. The van der Waals surface area contributed by atoms with Crippen LogP contribution in [0.5, 0.6) is 0 Å². The lowest BCUT2D eigenvalue weighted by Gasteiger charge is -2.33. The second-order valence-corrected chi connectivity index (χ2v) is 7.98. The van der Waals surface area contributed by atoms with Crippen LogP contribution in [0.25, 0.3) is 6.08 Å². The standard InChI is InChI=1S/C25H36N2O4/c1-2-3-4-5-6-7-8-12-19-31-24(29)20-22-25(30)26-17-18-27(22)23(28)16-15-21-13-10-9-11-14-21/h9-11,13-16,22H,2-8,12,17-20H2,1H3,(H,26,30)/b16-15+. The van der Waals surface area contributed by atoms with Gasteiger partial charge >= 0.3 is 5.97 Å². The maximum Gasteiger partial charge on any atom is 0.308 e. The molecule has 0 aromatic heterocycles. The Morgan fingerprint density at radius 2 is 1.74 bits per heavy atom. The Balaban J connectivity index is 1.74. The van der Waals surface area contributed by atoms with E-state index < -0.39 is 12.0 Å². The van der Waals surface area contributed by atoms with Gasteiger partial charge in [0, 0.05) is 19.2 Å². The lowest BCUT2D eigenvalue weighted by Crippen LogP contribution is -2.57. The molecule has 0 bridgehead atoms. The van der Waals surface area contributed by atoms with Crippen molar-refractivity contribution in [2.75, 3.05) is 19.7 Å². The summed E-state index contributed by atoms with van der Waals surface area (Å²) in [4.78, 5) is 38.7.